The summed E-state index contributed by atoms with van der Waals surface area (Å²) in [5.41, 5.74) is -0.771. The van der Waals surface area contributed by atoms with Gasteiger partial charge >= 0.3 is 6.03 Å². The number of rotatable bonds is 4. The van der Waals surface area contributed by atoms with E-state index in [4.69, 9.17) is 0 Å². The molecule has 4 nitrogen and oxygen atoms in total. The predicted molar refractivity (Wildman–Crippen MR) is 64.7 cm³/mol. The second-order valence-corrected chi connectivity index (χ2v) is 5.36. The fourth-order valence-corrected chi connectivity index (χ4v) is 2.23. The molecule has 1 aromatic heterocycles. The van der Waals surface area contributed by atoms with Crippen molar-refractivity contribution in [1.82, 2.24) is 5.32 Å². The van der Waals surface area contributed by atoms with Crippen LogP contribution < -0.4 is 10.6 Å². The largest absolute Gasteiger partial charge is 0.388 e. The van der Waals surface area contributed by atoms with Crippen molar-refractivity contribution in [2.75, 3.05) is 11.9 Å². The van der Waals surface area contributed by atoms with Crippen molar-refractivity contribution in [1.29, 1.82) is 0 Å². The lowest BCUT2D eigenvalue weighted by Gasteiger charge is -2.23. The molecule has 2 amide bonds. The number of thiophene rings is 1. The lowest BCUT2D eigenvalue weighted by atomic mass is 10.0. The van der Waals surface area contributed by atoms with E-state index in [1.165, 1.54) is 11.3 Å². The maximum Gasteiger partial charge on any atom is 0.319 e. The Morgan fingerprint density at radius 3 is 3.00 bits per heavy atom. The average Bonchev–Trinajstić information content (AvgIpc) is 2.98. The Hall–Kier alpha value is -1.07. The molecule has 88 valence electrons. The van der Waals surface area contributed by atoms with Crippen LogP contribution in [0.25, 0.3) is 0 Å². The van der Waals surface area contributed by atoms with Gasteiger partial charge in [-0.1, -0.05) is 0 Å². The minimum Gasteiger partial charge on any atom is -0.388 e. The van der Waals surface area contributed by atoms with Crippen molar-refractivity contribution in [2.24, 2.45) is 5.92 Å². The fraction of sp³-hybridized carbons (Fsp3) is 0.545. The van der Waals surface area contributed by atoms with Gasteiger partial charge in [-0.2, -0.15) is 0 Å². The van der Waals surface area contributed by atoms with E-state index in [1.54, 1.807) is 6.92 Å². The summed E-state index contributed by atoms with van der Waals surface area (Å²) in [6.07, 6.45) is 2.11. The van der Waals surface area contributed by atoms with Crippen molar-refractivity contribution in [3.8, 4) is 0 Å². The molecule has 1 unspecified atom stereocenters. The molecular formula is C11H16N2O2S. The summed E-state index contributed by atoms with van der Waals surface area (Å²) in [5, 5.41) is 18.1. The standard InChI is InChI=1S/C11H16N2O2S/c1-11(15,8-4-5-8)7-12-10(14)13-9-3-2-6-16-9/h2-3,6,8,15H,4-5,7H2,1H3,(H2,12,13,14). The average molecular weight is 240 g/mol. The van der Waals surface area contributed by atoms with E-state index in [1.807, 2.05) is 17.5 Å². The number of hydrogen-bond donors (Lipinski definition) is 3. The van der Waals surface area contributed by atoms with Crippen LogP contribution >= 0.6 is 11.3 Å². The molecule has 1 atom stereocenters. The first-order chi connectivity index (χ1) is 7.58. The van der Waals surface area contributed by atoms with Crippen LogP contribution in [0.4, 0.5) is 9.80 Å². The van der Waals surface area contributed by atoms with Crippen molar-refractivity contribution < 1.29 is 9.90 Å². The molecule has 1 fully saturated rings. The van der Waals surface area contributed by atoms with Gasteiger partial charge in [0.05, 0.1) is 10.6 Å². The number of hydrogen-bond acceptors (Lipinski definition) is 3. The normalized spacial score (nSPS) is 18.9. The zero-order valence-corrected chi connectivity index (χ0v) is 10.0. The summed E-state index contributed by atoms with van der Waals surface area (Å²) >= 11 is 1.47. The fourth-order valence-electron chi connectivity index (χ4n) is 1.61. The van der Waals surface area contributed by atoms with Gasteiger partial charge in [0.1, 0.15) is 0 Å². The van der Waals surface area contributed by atoms with Crippen LogP contribution in [0.2, 0.25) is 0 Å². The first kappa shape index (κ1) is 11.4. The SMILES string of the molecule is CC(O)(CNC(=O)Nc1cccs1)C1CC1. The van der Waals surface area contributed by atoms with Crippen LogP contribution in [0.1, 0.15) is 19.8 Å². The quantitative estimate of drug-likeness (QED) is 0.754. The molecule has 0 aliphatic heterocycles. The van der Waals surface area contributed by atoms with Gasteiger partial charge in [-0.3, -0.25) is 5.32 Å². The second kappa shape index (κ2) is 4.43. The highest BCUT2D eigenvalue weighted by molar-refractivity contribution is 7.14. The highest BCUT2D eigenvalue weighted by Crippen LogP contribution is 2.38. The van der Waals surface area contributed by atoms with E-state index in [-0.39, 0.29) is 6.03 Å². The molecule has 0 aromatic carbocycles. The summed E-state index contributed by atoms with van der Waals surface area (Å²) in [6.45, 7) is 2.07. The van der Waals surface area contributed by atoms with Gasteiger partial charge in [-0.15, -0.1) is 11.3 Å². The molecule has 1 aliphatic rings. The molecule has 0 radical (unpaired) electrons. The maximum atomic E-state index is 11.5. The molecule has 0 saturated heterocycles. The number of amides is 2. The maximum absolute atomic E-state index is 11.5. The van der Waals surface area contributed by atoms with Crippen LogP contribution in [0.15, 0.2) is 17.5 Å². The monoisotopic (exact) mass is 240 g/mol. The molecule has 1 heterocycles. The Morgan fingerprint density at radius 1 is 1.69 bits per heavy atom. The van der Waals surface area contributed by atoms with Crippen LogP contribution in [0.5, 0.6) is 0 Å². The first-order valence-electron chi connectivity index (χ1n) is 5.39. The highest BCUT2D eigenvalue weighted by Gasteiger charge is 2.39. The minimum absolute atomic E-state index is 0.261. The molecule has 0 bridgehead atoms. The van der Waals surface area contributed by atoms with Crippen molar-refractivity contribution in [3.63, 3.8) is 0 Å². The van der Waals surface area contributed by atoms with Crippen LogP contribution in [0.3, 0.4) is 0 Å². The summed E-state index contributed by atoms with van der Waals surface area (Å²) < 4.78 is 0. The van der Waals surface area contributed by atoms with Crippen molar-refractivity contribution >= 4 is 22.4 Å². The predicted octanol–water partition coefficient (Wildman–Crippen LogP) is 2.03. The minimum atomic E-state index is -0.771. The van der Waals surface area contributed by atoms with Crippen molar-refractivity contribution in [2.45, 2.75) is 25.4 Å². The molecule has 2 rings (SSSR count). The Balaban J connectivity index is 1.75. The summed E-state index contributed by atoms with van der Waals surface area (Å²) in [4.78, 5) is 11.5. The van der Waals surface area contributed by atoms with E-state index in [9.17, 15) is 9.90 Å². The van der Waals surface area contributed by atoms with E-state index in [0.29, 0.717) is 12.5 Å². The molecule has 1 aliphatic carbocycles. The number of carbonyl (C=O) groups excluding carboxylic acids is 1. The number of nitrogens with one attached hydrogen (secondary N) is 2. The summed E-state index contributed by atoms with van der Waals surface area (Å²) in [7, 11) is 0. The topological polar surface area (TPSA) is 61.4 Å². The lowest BCUT2D eigenvalue weighted by molar-refractivity contribution is 0.0399. The Kier molecular flexibility index (Phi) is 3.16. The first-order valence-corrected chi connectivity index (χ1v) is 6.26. The van der Waals surface area contributed by atoms with Gasteiger partial charge in [-0.25, -0.2) is 4.79 Å². The number of urea groups is 1. The van der Waals surface area contributed by atoms with E-state index >= 15 is 0 Å². The van der Waals surface area contributed by atoms with Gasteiger partial charge in [-0.05, 0) is 43.2 Å². The van der Waals surface area contributed by atoms with E-state index in [0.717, 1.165) is 17.8 Å². The number of aliphatic hydroxyl groups is 1. The zero-order valence-electron chi connectivity index (χ0n) is 9.19. The molecule has 1 saturated carbocycles. The third-order valence-electron chi connectivity index (χ3n) is 2.82. The molecular weight excluding hydrogens is 224 g/mol. The van der Waals surface area contributed by atoms with Crippen LogP contribution in [-0.4, -0.2) is 23.3 Å². The molecule has 16 heavy (non-hydrogen) atoms. The zero-order chi connectivity index (χ0) is 11.6. The third kappa shape index (κ3) is 2.96. The number of carbonyl (C=O) groups is 1. The smallest absolute Gasteiger partial charge is 0.319 e. The highest BCUT2D eigenvalue weighted by atomic mass is 32.1. The van der Waals surface area contributed by atoms with Gasteiger partial charge in [0.15, 0.2) is 0 Å². The Morgan fingerprint density at radius 2 is 2.44 bits per heavy atom. The van der Waals surface area contributed by atoms with Crippen LogP contribution in [-0.2, 0) is 0 Å². The summed E-state index contributed by atoms with van der Waals surface area (Å²) in [5.74, 6) is 0.342. The molecule has 0 spiro atoms. The van der Waals surface area contributed by atoms with Gasteiger partial charge in [0.25, 0.3) is 0 Å². The van der Waals surface area contributed by atoms with E-state index in [2.05, 4.69) is 10.6 Å². The Bertz CT molecular complexity index is 358. The Labute approximate surface area is 98.7 Å². The van der Waals surface area contributed by atoms with Gasteiger partial charge < -0.3 is 10.4 Å². The molecule has 5 heteroatoms. The lowest BCUT2D eigenvalue weighted by Crippen LogP contribution is -2.43. The molecule has 3 N–H and O–H groups in total. The van der Waals surface area contributed by atoms with Gasteiger partial charge in [0.2, 0.25) is 0 Å². The molecule has 1 aromatic rings. The second-order valence-electron chi connectivity index (χ2n) is 4.42. The number of anilines is 1. The third-order valence-corrected chi connectivity index (χ3v) is 3.61. The van der Waals surface area contributed by atoms with Gasteiger partial charge in [0, 0.05) is 6.54 Å². The summed E-state index contributed by atoms with van der Waals surface area (Å²) in [6, 6.07) is 3.45. The van der Waals surface area contributed by atoms with E-state index < -0.39 is 5.60 Å². The van der Waals surface area contributed by atoms with Crippen LogP contribution in [0, 0.1) is 5.92 Å². The van der Waals surface area contributed by atoms with Crippen molar-refractivity contribution in [3.05, 3.63) is 17.5 Å².